The SMILES string of the molecule is N#CC1=C(c2ccccc2)C(C#N)(C(N)=O)C12CCCC2. The summed E-state index contributed by atoms with van der Waals surface area (Å²) < 4.78 is 0. The van der Waals surface area contributed by atoms with E-state index in [1.807, 2.05) is 30.3 Å². The average Bonchev–Trinajstić information content (AvgIpc) is 2.99. The Bertz CT molecular complexity index is 715. The van der Waals surface area contributed by atoms with Crippen molar-refractivity contribution in [3.05, 3.63) is 41.5 Å². The van der Waals surface area contributed by atoms with Crippen LogP contribution >= 0.6 is 0 Å². The predicted octanol–water partition coefficient (Wildman–Crippen LogP) is 2.53. The largest absolute Gasteiger partial charge is 0.368 e. The number of nitrogens with zero attached hydrogens (tertiary/aromatic N) is 2. The van der Waals surface area contributed by atoms with Crippen LogP contribution < -0.4 is 5.73 Å². The maximum Gasteiger partial charge on any atom is 0.243 e. The number of rotatable bonds is 2. The van der Waals surface area contributed by atoms with E-state index in [1.165, 1.54) is 0 Å². The van der Waals surface area contributed by atoms with Crippen LogP contribution in [0.5, 0.6) is 0 Å². The lowest BCUT2D eigenvalue weighted by atomic mass is 9.44. The van der Waals surface area contributed by atoms with Crippen LogP contribution in [0.3, 0.4) is 0 Å². The van der Waals surface area contributed by atoms with Crippen LogP contribution in [-0.2, 0) is 4.79 Å². The topological polar surface area (TPSA) is 90.7 Å². The van der Waals surface area contributed by atoms with Gasteiger partial charge < -0.3 is 5.73 Å². The molecule has 4 nitrogen and oxygen atoms in total. The summed E-state index contributed by atoms with van der Waals surface area (Å²) in [5, 5.41) is 19.4. The van der Waals surface area contributed by atoms with Crippen LogP contribution in [0.2, 0.25) is 0 Å². The van der Waals surface area contributed by atoms with E-state index in [2.05, 4.69) is 12.1 Å². The molecule has 21 heavy (non-hydrogen) atoms. The first kappa shape index (κ1) is 13.4. The minimum absolute atomic E-state index is 0.516. The van der Waals surface area contributed by atoms with Crippen LogP contribution in [0.15, 0.2) is 35.9 Å². The summed E-state index contributed by atoms with van der Waals surface area (Å²) in [6, 6.07) is 13.6. The zero-order valence-electron chi connectivity index (χ0n) is 11.6. The van der Waals surface area contributed by atoms with Crippen molar-refractivity contribution in [3.63, 3.8) is 0 Å². The Kier molecular flexibility index (Phi) is 2.85. The second-order valence-corrected chi connectivity index (χ2v) is 5.74. The molecule has 1 fully saturated rings. The van der Waals surface area contributed by atoms with Gasteiger partial charge in [0, 0.05) is 16.6 Å². The third-order valence-electron chi connectivity index (χ3n) is 4.99. The predicted molar refractivity (Wildman–Crippen MR) is 77.1 cm³/mol. The van der Waals surface area contributed by atoms with Crippen molar-refractivity contribution in [2.75, 3.05) is 0 Å². The second kappa shape index (κ2) is 4.46. The fourth-order valence-electron chi connectivity index (χ4n) is 4.10. The van der Waals surface area contributed by atoms with Gasteiger partial charge in [0.05, 0.1) is 12.1 Å². The van der Waals surface area contributed by atoms with Crippen LogP contribution in [0.25, 0.3) is 5.57 Å². The molecule has 1 atom stereocenters. The molecule has 2 aliphatic rings. The molecule has 0 radical (unpaired) electrons. The van der Waals surface area contributed by atoms with Gasteiger partial charge in [0.2, 0.25) is 5.91 Å². The molecule has 1 amide bonds. The second-order valence-electron chi connectivity index (χ2n) is 5.74. The first-order chi connectivity index (χ1) is 10.1. The molecule has 0 saturated heterocycles. The minimum Gasteiger partial charge on any atom is -0.368 e. The maximum atomic E-state index is 12.2. The maximum absolute atomic E-state index is 12.2. The van der Waals surface area contributed by atoms with E-state index in [9.17, 15) is 15.3 Å². The Morgan fingerprint density at radius 2 is 1.76 bits per heavy atom. The fraction of sp³-hybridized carbons (Fsp3) is 0.353. The highest BCUT2D eigenvalue weighted by Crippen LogP contribution is 2.70. The zero-order chi connectivity index (χ0) is 15.1. The molecule has 0 bridgehead atoms. The average molecular weight is 277 g/mol. The van der Waals surface area contributed by atoms with E-state index in [0.29, 0.717) is 24.0 Å². The van der Waals surface area contributed by atoms with Gasteiger partial charge in [-0.25, -0.2) is 0 Å². The van der Waals surface area contributed by atoms with Crippen molar-refractivity contribution >= 4 is 11.5 Å². The third kappa shape index (κ3) is 1.40. The van der Waals surface area contributed by atoms with Gasteiger partial charge in [-0.3, -0.25) is 4.79 Å². The molecule has 1 spiro atoms. The monoisotopic (exact) mass is 277 g/mol. The molecule has 0 aliphatic heterocycles. The normalized spacial score (nSPS) is 26.0. The number of amides is 1. The Balaban J connectivity index is 2.31. The molecule has 1 saturated carbocycles. The van der Waals surface area contributed by atoms with E-state index in [0.717, 1.165) is 18.4 Å². The molecule has 0 heterocycles. The van der Waals surface area contributed by atoms with E-state index < -0.39 is 16.7 Å². The quantitative estimate of drug-likeness (QED) is 0.900. The molecule has 104 valence electrons. The van der Waals surface area contributed by atoms with Gasteiger partial charge in [0.25, 0.3) is 0 Å². The summed E-state index contributed by atoms with van der Waals surface area (Å²) in [4.78, 5) is 12.2. The van der Waals surface area contributed by atoms with Gasteiger partial charge in [-0.15, -0.1) is 0 Å². The molecule has 4 heteroatoms. The molecule has 2 N–H and O–H groups in total. The summed E-state index contributed by atoms with van der Waals surface area (Å²) in [5.41, 5.74) is 5.43. The van der Waals surface area contributed by atoms with Gasteiger partial charge in [-0.1, -0.05) is 43.2 Å². The van der Waals surface area contributed by atoms with E-state index in [-0.39, 0.29) is 0 Å². The standard InChI is InChI=1S/C17H15N3O/c18-10-13-14(12-6-2-1-3-7-12)17(11-19,15(20)21)16(13)8-4-5-9-16/h1-3,6-7H,4-5,8-9H2,(H2,20,21). The number of carbonyl (C=O) groups is 1. The molecule has 1 aromatic carbocycles. The smallest absolute Gasteiger partial charge is 0.243 e. The Labute approximate surface area is 123 Å². The van der Waals surface area contributed by atoms with Crippen molar-refractivity contribution in [1.82, 2.24) is 0 Å². The van der Waals surface area contributed by atoms with Gasteiger partial charge >= 0.3 is 0 Å². The Morgan fingerprint density at radius 1 is 1.14 bits per heavy atom. The Hall–Kier alpha value is -2.59. The molecule has 1 aromatic rings. The summed E-state index contributed by atoms with van der Waals surface area (Å²) in [7, 11) is 0. The Morgan fingerprint density at radius 3 is 2.24 bits per heavy atom. The number of nitrogens with two attached hydrogens (primary N) is 1. The number of carbonyl (C=O) groups excluding carboxylic acids is 1. The summed E-state index contributed by atoms with van der Waals surface area (Å²) in [5.74, 6) is -0.634. The minimum atomic E-state index is -1.37. The number of primary amides is 1. The highest BCUT2D eigenvalue weighted by Gasteiger charge is 2.69. The van der Waals surface area contributed by atoms with Gasteiger partial charge in [0.1, 0.15) is 0 Å². The van der Waals surface area contributed by atoms with Crippen LogP contribution in [0, 0.1) is 33.5 Å². The lowest BCUT2D eigenvalue weighted by Gasteiger charge is -2.52. The van der Waals surface area contributed by atoms with E-state index in [1.54, 1.807) is 0 Å². The summed E-state index contributed by atoms with van der Waals surface area (Å²) in [6.45, 7) is 0. The van der Waals surface area contributed by atoms with E-state index in [4.69, 9.17) is 5.73 Å². The highest BCUT2D eigenvalue weighted by atomic mass is 16.1. The third-order valence-corrected chi connectivity index (χ3v) is 4.99. The van der Waals surface area contributed by atoms with Crippen LogP contribution in [-0.4, -0.2) is 5.91 Å². The molecular formula is C17H15N3O. The van der Waals surface area contributed by atoms with Crippen molar-refractivity contribution in [2.45, 2.75) is 25.7 Å². The van der Waals surface area contributed by atoms with Crippen LogP contribution in [0.1, 0.15) is 31.2 Å². The first-order valence-electron chi connectivity index (χ1n) is 7.06. The van der Waals surface area contributed by atoms with Crippen molar-refractivity contribution in [3.8, 4) is 12.1 Å². The first-order valence-corrected chi connectivity index (χ1v) is 7.06. The molecule has 0 aromatic heterocycles. The summed E-state index contributed by atoms with van der Waals surface area (Å²) in [6.07, 6.45) is 3.21. The number of benzene rings is 1. The number of hydrogen-bond acceptors (Lipinski definition) is 3. The molecular weight excluding hydrogens is 262 g/mol. The molecule has 3 rings (SSSR count). The van der Waals surface area contributed by atoms with Gasteiger partial charge in [-0.2, -0.15) is 10.5 Å². The van der Waals surface area contributed by atoms with E-state index >= 15 is 0 Å². The summed E-state index contributed by atoms with van der Waals surface area (Å²) >= 11 is 0. The number of allylic oxidation sites excluding steroid dienone is 1. The van der Waals surface area contributed by atoms with Crippen molar-refractivity contribution < 1.29 is 4.79 Å². The van der Waals surface area contributed by atoms with Crippen molar-refractivity contribution in [2.24, 2.45) is 16.6 Å². The molecule has 2 aliphatic carbocycles. The highest BCUT2D eigenvalue weighted by molar-refractivity contribution is 6.07. The lowest BCUT2D eigenvalue weighted by molar-refractivity contribution is -0.127. The van der Waals surface area contributed by atoms with Crippen molar-refractivity contribution in [1.29, 1.82) is 10.5 Å². The fourth-order valence-corrected chi connectivity index (χ4v) is 4.10. The number of hydrogen-bond donors (Lipinski definition) is 1. The van der Waals surface area contributed by atoms with Gasteiger partial charge in [0.15, 0.2) is 5.41 Å². The van der Waals surface area contributed by atoms with Gasteiger partial charge in [-0.05, 0) is 18.4 Å². The van der Waals surface area contributed by atoms with Crippen LogP contribution in [0.4, 0.5) is 0 Å². The molecule has 1 unspecified atom stereocenters. The zero-order valence-corrected chi connectivity index (χ0v) is 11.6. The number of nitriles is 2. The lowest BCUT2D eigenvalue weighted by Crippen LogP contribution is -2.57.